The Balaban J connectivity index is 2.67. The zero-order valence-electron chi connectivity index (χ0n) is 12.3. The Labute approximate surface area is 118 Å². The number of hydrogen-bond donors (Lipinski definition) is 1. The Kier molecular flexibility index (Phi) is 5.27. The standard InChI is InChI=1S/C13H21N3O4/c1-9(14-8-17)15-11(18)10-6-5-7-16(10)12(19)20-13(2,3)4/h9-10H,5-7H2,1-4H3,(H,15,18)/t9-,10-/m0/s1. The zero-order valence-corrected chi connectivity index (χ0v) is 12.3. The highest BCUT2D eigenvalue weighted by Gasteiger charge is 2.36. The summed E-state index contributed by atoms with van der Waals surface area (Å²) in [5, 5.41) is 2.55. The second-order valence-electron chi connectivity index (χ2n) is 5.74. The van der Waals surface area contributed by atoms with Crippen LogP contribution in [-0.4, -0.2) is 47.3 Å². The number of likely N-dealkylation sites (tertiary alicyclic amines) is 1. The van der Waals surface area contributed by atoms with E-state index in [4.69, 9.17) is 4.74 Å². The molecule has 0 saturated carbocycles. The molecule has 1 fully saturated rings. The smallest absolute Gasteiger partial charge is 0.410 e. The van der Waals surface area contributed by atoms with Gasteiger partial charge in [0.05, 0.1) is 0 Å². The number of aliphatic imine (C=N–C) groups is 1. The average Bonchev–Trinajstić information content (AvgIpc) is 2.75. The van der Waals surface area contributed by atoms with E-state index >= 15 is 0 Å². The second kappa shape index (κ2) is 6.52. The fraction of sp³-hybridized carbons (Fsp3) is 0.769. The van der Waals surface area contributed by atoms with Gasteiger partial charge in [-0.05, 0) is 40.5 Å². The molecule has 20 heavy (non-hydrogen) atoms. The largest absolute Gasteiger partial charge is 0.444 e. The molecule has 0 aromatic carbocycles. The van der Waals surface area contributed by atoms with Crippen LogP contribution in [0, 0.1) is 0 Å². The third kappa shape index (κ3) is 4.66. The summed E-state index contributed by atoms with van der Waals surface area (Å²) in [7, 11) is 0. The normalized spacial score (nSPS) is 20.0. The third-order valence-electron chi connectivity index (χ3n) is 2.78. The molecule has 1 heterocycles. The highest BCUT2D eigenvalue weighted by molar-refractivity contribution is 5.86. The number of amides is 2. The second-order valence-corrected chi connectivity index (χ2v) is 5.74. The zero-order chi connectivity index (χ0) is 15.3. The van der Waals surface area contributed by atoms with Crippen LogP contribution in [-0.2, 0) is 14.3 Å². The molecule has 1 rings (SSSR count). The molecule has 0 bridgehead atoms. The van der Waals surface area contributed by atoms with Crippen LogP contribution >= 0.6 is 0 Å². The molecular formula is C13H21N3O4. The monoisotopic (exact) mass is 283 g/mol. The van der Waals surface area contributed by atoms with Crippen LogP contribution < -0.4 is 5.32 Å². The van der Waals surface area contributed by atoms with Crippen LogP contribution in [0.5, 0.6) is 0 Å². The van der Waals surface area contributed by atoms with Gasteiger partial charge < -0.3 is 10.1 Å². The number of nitrogens with one attached hydrogen (secondary N) is 1. The van der Waals surface area contributed by atoms with Gasteiger partial charge in [0.15, 0.2) is 0 Å². The van der Waals surface area contributed by atoms with Crippen molar-refractivity contribution < 1.29 is 19.1 Å². The van der Waals surface area contributed by atoms with Gasteiger partial charge in [0.1, 0.15) is 17.8 Å². The van der Waals surface area contributed by atoms with E-state index < -0.39 is 23.9 Å². The first-order valence-electron chi connectivity index (χ1n) is 6.61. The first-order chi connectivity index (χ1) is 9.24. The molecule has 1 saturated heterocycles. The van der Waals surface area contributed by atoms with Crippen molar-refractivity contribution in [1.29, 1.82) is 0 Å². The van der Waals surface area contributed by atoms with E-state index in [9.17, 15) is 14.4 Å². The highest BCUT2D eigenvalue weighted by atomic mass is 16.6. The summed E-state index contributed by atoms with van der Waals surface area (Å²) in [5.41, 5.74) is -0.601. The van der Waals surface area contributed by atoms with Gasteiger partial charge in [-0.2, -0.15) is 4.99 Å². The minimum atomic E-state index is -0.652. The number of carbonyl (C=O) groups is 2. The molecule has 1 aliphatic heterocycles. The number of isocyanates is 1. The topological polar surface area (TPSA) is 88.1 Å². The summed E-state index contributed by atoms with van der Waals surface area (Å²) in [5.74, 6) is -0.333. The molecule has 0 aromatic heterocycles. The molecule has 112 valence electrons. The van der Waals surface area contributed by atoms with E-state index in [1.165, 1.54) is 11.0 Å². The predicted molar refractivity (Wildman–Crippen MR) is 71.7 cm³/mol. The molecule has 2 amide bonds. The molecule has 7 nitrogen and oxygen atoms in total. The molecular weight excluding hydrogens is 262 g/mol. The first-order valence-corrected chi connectivity index (χ1v) is 6.61. The van der Waals surface area contributed by atoms with E-state index in [1.807, 2.05) is 0 Å². The molecule has 1 N–H and O–H groups in total. The Morgan fingerprint density at radius 2 is 2.10 bits per heavy atom. The number of rotatable bonds is 3. The lowest BCUT2D eigenvalue weighted by Gasteiger charge is -2.28. The van der Waals surface area contributed by atoms with Crippen molar-refractivity contribution in [2.75, 3.05) is 6.54 Å². The predicted octanol–water partition coefficient (Wildman–Crippen LogP) is 1.18. The molecule has 0 radical (unpaired) electrons. The van der Waals surface area contributed by atoms with Crippen LogP contribution in [0.2, 0.25) is 0 Å². The fourth-order valence-electron chi connectivity index (χ4n) is 1.99. The number of ether oxygens (including phenoxy) is 1. The molecule has 0 aliphatic carbocycles. The van der Waals surface area contributed by atoms with Gasteiger partial charge in [-0.1, -0.05) is 0 Å². The maximum Gasteiger partial charge on any atom is 0.410 e. The summed E-state index contributed by atoms with van der Waals surface area (Å²) in [6.45, 7) is 7.37. The first kappa shape index (κ1) is 16.2. The summed E-state index contributed by atoms with van der Waals surface area (Å²) >= 11 is 0. The van der Waals surface area contributed by atoms with Crippen LogP contribution in [0.1, 0.15) is 40.5 Å². The number of carbonyl (C=O) groups excluding carboxylic acids is 3. The summed E-state index contributed by atoms with van der Waals surface area (Å²) in [4.78, 5) is 39.0. The molecule has 1 aliphatic rings. The van der Waals surface area contributed by atoms with Crippen molar-refractivity contribution in [3.8, 4) is 0 Å². The van der Waals surface area contributed by atoms with Crippen molar-refractivity contribution >= 4 is 18.1 Å². The number of hydrogen-bond acceptors (Lipinski definition) is 5. The summed E-state index contributed by atoms with van der Waals surface area (Å²) in [6, 6.07) is -0.575. The van der Waals surface area contributed by atoms with Crippen LogP contribution in [0.25, 0.3) is 0 Å². The van der Waals surface area contributed by atoms with Crippen molar-refractivity contribution in [2.24, 2.45) is 4.99 Å². The van der Waals surface area contributed by atoms with E-state index in [0.717, 1.165) is 6.42 Å². The van der Waals surface area contributed by atoms with E-state index in [-0.39, 0.29) is 5.91 Å². The third-order valence-corrected chi connectivity index (χ3v) is 2.78. The summed E-state index contributed by atoms with van der Waals surface area (Å²) in [6.07, 6.45) is 1.54. The lowest BCUT2D eigenvalue weighted by Crippen LogP contribution is -2.49. The van der Waals surface area contributed by atoms with E-state index in [1.54, 1.807) is 27.7 Å². The van der Waals surface area contributed by atoms with Crippen LogP contribution in [0.4, 0.5) is 4.79 Å². The molecule has 0 aromatic rings. The Morgan fingerprint density at radius 3 is 2.65 bits per heavy atom. The van der Waals surface area contributed by atoms with Gasteiger partial charge in [0.25, 0.3) is 0 Å². The summed E-state index contributed by atoms with van der Waals surface area (Å²) < 4.78 is 5.28. The van der Waals surface area contributed by atoms with Gasteiger partial charge >= 0.3 is 6.09 Å². The highest BCUT2D eigenvalue weighted by Crippen LogP contribution is 2.21. The van der Waals surface area contributed by atoms with Gasteiger partial charge in [0, 0.05) is 6.54 Å². The molecule has 0 unspecified atom stereocenters. The van der Waals surface area contributed by atoms with Gasteiger partial charge in [-0.3, -0.25) is 9.69 Å². The van der Waals surface area contributed by atoms with Crippen molar-refractivity contribution in [2.45, 2.75) is 58.3 Å². The lowest BCUT2D eigenvalue weighted by molar-refractivity contribution is -0.126. The molecule has 7 heteroatoms. The van der Waals surface area contributed by atoms with Gasteiger partial charge in [0.2, 0.25) is 12.0 Å². The van der Waals surface area contributed by atoms with Crippen molar-refractivity contribution in [3.63, 3.8) is 0 Å². The van der Waals surface area contributed by atoms with E-state index in [2.05, 4.69) is 10.3 Å². The fourth-order valence-corrected chi connectivity index (χ4v) is 1.99. The van der Waals surface area contributed by atoms with Crippen molar-refractivity contribution in [1.82, 2.24) is 10.2 Å². The Morgan fingerprint density at radius 1 is 1.45 bits per heavy atom. The van der Waals surface area contributed by atoms with Crippen molar-refractivity contribution in [3.05, 3.63) is 0 Å². The number of nitrogens with zero attached hydrogens (tertiary/aromatic N) is 2. The SMILES string of the molecule is C[C@@H](N=C=O)NC(=O)[C@@H]1CCCN1C(=O)OC(C)(C)C. The van der Waals surface area contributed by atoms with Crippen LogP contribution in [0.15, 0.2) is 4.99 Å². The maximum absolute atomic E-state index is 12.1. The quantitative estimate of drug-likeness (QED) is 0.622. The lowest BCUT2D eigenvalue weighted by atomic mass is 10.2. The Bertz CT molecular complexity index is 424. The molecule has 2 atom stereocenters. The minimum absolute atomic E-state index is 0.333. The molecule has 0 spiro atoms. The van der Waals surface area contributed by atoms with Crippen LogP contribution in [0.3, 0.4) is 0 Å². The van der Waals surface area contributed by atoms with Gasteiger partial charge in [-0.15, -0.1) is 0 Å². The minimum Gasteiger partial charge on any atom is -0.444 e. The average molecular weight is 283 g/mol. The van der Waals surface area contributed by atoms with E-state index in [0.29, 0.717) is 13.0 Å². The van der Waals surface area contributed by atoms with Gasteiger partial charge in [-0.25, -0.2) is 9.59 Å². The maximum atomic E-state index is 12.1. The Hall–Kier alpha value is -1.88.